The fourth-order valence-electron chi connectivity index (χ4n) is 2.34. The van der Waals surface area contributed by atoms with E-state index in [4.69, 9.17) is 9.31 Å². The molecule has 4 nitrogen and oxygen atoms in total. The fourth-order valence-corrected chi connectivity index (χ4v) is 2.34. The second-order valence-electron chi connectivity index (χ2n) is 6.26. The lowest BCUT2D eigenvalue weighted by Crippen LogP contribution is -2.41. The summed E-state index contributed by atoms with van der Waals surface area (Å²) in [6.45, 7) is 8.17. The minimum Gasteiger partial charge on any atom is -0.398 e. The number of pyridine rings is 2. The molecule has 0 N–H and O–H groups in total. The van der Waals surface area contributed by atoms with E-state index in [1.54, 1.807) is 18.6 Å². The van der Waals surface area contributed by atoms with Crippen LogP contribution in [0.1, 0.15) is 27.7 Å². The van der Waals surface area contributed by atoms with Gasteiger partial charge in [0.05, 0.1) is 16.8 Å². The number of hydrogen-bond acceptors (Lipinski definition) is 4. The number of aromatic nitrogens is 2. The summed E-state index contributed by atoms with van der Waals surface area (Å²) in [5.41, 5.74) is 2.14. The van der Waals surface area contributed by atoms with E-state index in [2.05, 4.69) is 9.97 Å². The highest BCUT2D eigenvalue weighted by molar-refractivity contribution is 6.62. The Balaban J connectivity index is 2.02. The molecule has 21 heavy (non-hydrogen) atoms. The molecule has 0 radical (unpaired) electrons. The van der Waals surface area contributed by atoms with Gasteiger partial charge in [0.15, 0.2) is 0 Å². The van der Waals surface area contributed by atoms with E-state index in [-0.39, 0.29) is 11.2 Å². The Morgan fingerprint density at radius 3 is 2.14 bits per heavy atom. The monoisotopic (exact) mass is 282 g/mol. The van der Waals surface area contributed by atoms with Crippen LogP contribution in [0.5, 0.6) is 0 Å². The highest BCUT2D eigenvalue weighted by Crippen LogP contribution is 2.37. The quantitative estimate of drug-likeness (QED) is 0.794. The summed E-state index contributed by atoms with van der Waals surface area (Å²) in [7, 11) is -0.459. The maximum Gasteiger partial charge on any atom is 0.515 e. The maximum atomic E-state index is 6.11. The van der Waals surface area contributed by atoms with Crippen LogP contribution in [0, 0.1) is 0 Å². The van der Waals surface area contributed by atoms with E-state index < -0.39 is 7.12 Å². The first kappa shape index (κ1) is 14.2. The second kappa shape index (κ2) is 4.93. The van der Waals surface area contributed by atoms with Crippen LogP contribution >= 0.6 is 0 Å². The van der Waals surface area contributed by atoms with Crippen molar-refractivity contribution < 1.29 is 9.31 Å². The van der Waals surface area contributed by atoms with Crippen LogP contribution in [0.15, 0.2) is 42.9 Å². The van der Waals surface area contributed by atoms with Gasteiger partial charge in [-0.25, -0.2) is 0 Å². The zero-order valence-electron chi connectivity index (χ0n) is 12.8. The first-order valence-corrected chi connectivity index (χ1v) is 7.12. The molecule has 0 unspecified atom stereocenters. The topological polar surface area (TPSA) is 44.2 Å². The number of rotatable bonds is 2. The van der Waals surface area contributed by atoms with Gasteiger partial charge in [-0.1, -0.05) is 6.07 Å². The molecule has 0 bridgehead atoms. The summed E-state index contributed by atoms with van der Waals surface area (Å²) >= 11 is 0. The Morgan fingerprint density at radius 2 is 1.52 bits per heavy atom. The molecule has 3 heterocycles. The van der Waals surface area contributed by atoms with E-state index in [0.717, 1.165) is 16.7 Å². The molecule has 0 saturated carbocycles. The van der Waals surface area contributed by atoms with E-state index in [0.29, 0.717) is 0 Å². The summed E-state index contributed by atoms with van der Waals surface area (Å²) in [6, 6.07) is 7.88. The van der Waals surface area contributed by atoms with Crippen LogP contribution in [-0.4, -0.2) is 28.3 Å². The molecule has 1 aliphatic heterocycles. The lowest BCUT2D eigenvalue weighted by atomic mass is 9.79. The van der Waals surface area contributed by atoms with Crippen LogP contribution in [0.25, 0.3) is 11.1 Å². The second-order valence-corrected chi connectivity index (χ2v) is 6.26. The van der Waals surface area contributed by atoms with Gasteiger partial charge in [-0.15, -0.1) is 0 Å². The molecular weight excluding hydrogens is 263 g/mol. The third-order valence-electron chi connectivity index (χ3n) is 4.31. The molecule has 2 aromatic rings. The van der Waals surface area contributed by atoms with Crippen LogP contribution < -0.4 is 5.59 Å². The molecule has 1 aliphatic rings. The Hall–Kier alpha value is -1.72. The average Bonchev–Trinajstić information content (AvgIpc) is 2.68. The molecule has 3 rings (SSSR count). The molecule has 108 valence electrons. The van der Waals surface area contributed by atoms with Gasteiger partial charge in [-0.05, 0) is 57.0 Å². The first-order valence-electron chi connectivity index (χ1n) is 7.12. The molecule has 1 saturated heterocycles. The Morgan fingerprint density at radius 1 is 0.905 bits per heavy atom. The predicted molar refractivity (Wildman–Crippen MR) is 83.2 cm³/mol. The maximum absolute atomic E-state index is 6.11. The number of nitrogens with zero attached hydrogens (tertiary/aromatic N) is 2. The molecule has 0 atom stereocenters. The fraction of sp³-hybridized carbons (Fsp3) is 0.375. The van der Waals surface area contributed by atoms with Crippen LogP contribution in [0.3, 0.4) is 0 Å². The minimum atomic E-state index is -0.459. The van der Waals surface area contributed by atoms with Crippen molar-refractivity contribution in [1.82, 2.24) is 9.97 Å². The van der Waals surface area contributed by atoms with Crippen molar-refractivity contribution in [2.45, 2.75) is 38.9 Å². The van der Waals surface area contributed by atoms with Crippen molar-refractivity contribution in [3.63, 3.8) is 0 Å². The molecule has 0 aliphatic carbocycles. The smallest absolute Gasteiger partial charge is 0.398 e. The van der Waals surface area contributed by atoms with Crippen molar-refractivity contribution in [2.24, 2.45) is 0 Å². The Bertz CT molecular complexity index is 628. The zero-order valence-corrected chi connectivity index (χ0v) is 12.8. The van der Waals surface area contributed by atoms with Crippen molar-refractivity contribution in [3.8, 4) is 11.1 Å². The van der Waals surface area contributed by atoms with Gasteiger partial charge >= 0.3 is 7.12 Å². The largest absolute Gasteiger partial charge is 0.515 e. The third kappa shape index (κ3) is 2.47. The van der Waals surface area contributed by atoms with Gasteiger partial charge in [-0.2, -0.15) is 0 Å². The summed E-state index contributed by atoms with van der Waals surface area (Å²) in [6.07, 6.45) is 5.32. The summed E-state index contributed by atoms with van der Waals surface area (Å²) < 4.78 is 12.2. The number of hydrogen-bond donors (Lipinski definition) is 0. The standard InChI is InChI=1S/C16H19BN2O2/c1-15(2)16(3,4)21-17(20-15)14-13(6-5-9-19-14)12-7-10-18-11-8-12/h5-11H,1-4H3. The normalized spacial score (nSPS) is 19.7. The van der Waals surface area contributed by atoms with E-state index in [1.807, 2.05) is 52.0 Å². The molecule has 0 aromatic carbocycles. The van der Waals surface area contributed by atoms with E-state index >= 15 is 0 Å². The van der Waals surface area contributed by atoms with Crippen molar-refractivity contribution in [3.05, 3.63) is 42.9 Å². The van der Waals surface area contributed by atoms with Gasteiger partial charge in [0.1, 0.15) is 0 Å². The van der Waals surface area contributed by atoms with Crippen LogP contribution in [0.2, 0.25) is 0 Å². The van der Waals surface area contributed by atoms with E-state index in [9.17, 15) is 0 Å². The third-order valence-corrected chi connectivity index (χ3v) is 4.31. The van der Waals surface area contributed by atoms with E-state index in [1.165, 1.54) is 0 Å². The van der Waals surface area contributed by atoms with Crippen LogP contribution in [-0.2, 0) is 9.31 Å². The highest BCUT2D eigenvalue weighted by Gasteiger charge is 2.52. The molecular formula is C16H19BN2O2. The van der Waals surface area contributed by atoms with Crippen molar-refractivity contribution >= 4 is 12.7 Å². The zero-order chi connectivity index (χ0) is 15.1. The Kier molecular flexibility index (Phi) is 3.34. The highest BCUT2D eigenvalue weighted by atomic mass is 16.7. The van der Waals surface area contributed by atoms with Gasteiger partial charge < -0.3 is 9.31 Å². The predicted octanol–water partition coefficient (Wildman–Crippen LogP) is 2.44. The van der Waals surface area contributed by atoms with Gasteiger partial charge in [0.2, 0.25) is 0 Å². The van der Waals surface area contributed by atoms with Gasteiger partial charge in [0, 0.05) is 18.6 Å². The van der Waals surface area contributed by atoms with Gasteiger partial charge in [-0.3, -0.25) is 9.97 Å². The molecule has 0 amide bonds. The van der Waals surface area contributed by atoms with Crippen LogP contribution in [0.4, 0.5) is 0 Å². The Labute approximate surface area is 125 Å². The van der Waals surface area contributed by atoms with Crippen molar-refractivity contribution in [1.29, 1.82) is 0 Å². The minimum absolute atomic E-state index is 0.370. The lowest BCUT2D eigenvalue weighted by molar-refractivity contribution is 0.00578. The molecule has 2 aromatic heterocycles. The van der Waals surface area contributed by atoms with Crippen molar-refractivity contribution in [2.75, 3.05) is 0 Å². The molecule has 5 heteroatoms. The lowest BCUT2D eigenvalue weighted by Gasteiger charge is -2.32. The summed E-state index contributed by atoms with van der Waals surface area (Å²) in [5.74, 6) is 0. The summed E-state index contributed by atoms with van der Waals surface area (Å²) in [5, 5.41) is 0. The molecule has 0 spiro atoms. The van der Waals surface area contributed by atoms with Gasteiger partial charge in [0.25, 0.3) is 0 Å². The first-order chi connectivity index (χ1) is 9.91. The average molecular weight is 282 g/mol. The SMILES string of the molecule is CC1(C)OB(c2ncccc2-c2ccncc2)OC1(C)C. The molecule has 1 fully saturated rings. The summed E-state index contributed by atoms with van der Waals surface area (Å²) in [4.78, 5) is 8.56.